The van der Waals surface area contributed by atoms with Crippen molar-refractivity contribution in [2.24, 2.45) is 0 Å². The van der Waals surface area contributed by atoms with Crippen LogP contribution in [0.5, 0.6) is 5.75 Å². The first kappa shape index (κ1) is 11.9. The Kier molecular flexibility index (Phi) is 5.07. The van der Waals surface area contributed by atoms with Crippen molar-refractivity contribution in [1.29, 1.82) is 0 Å². The minimum atomic E-state index is -0.579. The van der Waals surface area contributed by atoms with Gasteiger partial charge in [-0.25, -0.2) is 0 Å². The van der Waals surface area contributed by atoms with Crippen molar-refractivity contribution < 1.29 is 14.9 Å². The Morgan fingerprint density at radius 3 is 2.93 bits per heavy atom. The Bertz CT molecular complexity index is 291. The van der Waals surface area contributed by atoms with Crippen LogP contribution in [0, 0.1) is 0 Å². The SMILES string of the molecule is CCOc1cncc(C(O)CCCO)c1. The molecule has 0 amide bonds. The first-order valence-electron chi connectivity index (χ1n) is 5.14. The van der Waals surface area contributed by atoms with Gasteiger partial charge in [0.25, 0.3) is 0 Å². The number of hydrogen-bond donors (Lipinski definition) is 2. The van der Waals surface area contributed by atoms with Gasteiger partial charge in [0.05, 0.1) is 18.9 Å². The minimum absolute atomic E-state index is 0.0929. The average Bonchev–Trinajstić information content (AvgIpc) is 2.27. The zero-order valence-corrected chi connectivity index (χ0v) is 8.89. The summed E-state index contributed by atoms with van der Waals surface area (Å²) in [6.07, 6.45) is 3.77. The molecule has 4 heteroatoms. The monoisotopic (exact) mass is 211 g/mol. The summed E-state index contributed by atoms with van der Waals surface area (Å²) in [7, 11) is 0. The molecule has 2 N–H and O–H groups in total. The van der Waals surface area contributed by atoms with Gasteiger partial charge in [0.15, 0.2) is 0 Å². The van der Waals surface area contributed by atoms with Gasteiger partial charge in [-0.05, 0) is 25.8 Å². The number of aliphatic hydroxyl groups is 2. The van der Waals surface area contributed by atoms with Crippen LogP contribution in [0.25, 0.3) is 0 Å². The summed E-state index contributed by atoms with van der Waals surface area (Å²) in [6.45, 7) is 2.57. The van der Waals surface area contributed by atoms with Crippen molar-refractivity contribution in [2.75, 3.05) is 13.2 Å². The second-order valence-electron chi connectivity index (χ2n) is 3.27. The first-order valence-corrected chi connectivity index (χ1v) is 5.14. The summed E-state index contributed by atoms with van der Waals surface area (Å²) in [5, 5.41) is 18.4. The number of rotatable bonds is 6. The van der Waals surface area contributed by atoms with E-state index in [0.29, 0.717) is 25.2 Å². The lowest BCUT2D eigenvalue weighted by atomic mass is 10.1. The van der Waals surface area contributed by atoms with Gasteiger partial charge in [0.2, 0.25) is 0 Å². The van der Waals surface area contributed by atoms with Gasteiger partial charge < -0.3 is 14.9 Å². The molecule has 0 spiro atoms. The van der Waals surface area contributed by atoms with E-state index in [2.05, 4.69) is 4.98 Å². The van der Waals surface area contributed by atoms with Gasteiger partial charge in [-0.1, -0.05) is 0 Å². The van der Waals surface area contributed by atoms with E-state index in [9.17, 15) is 5.11 Å². The van der Waals surface area contributed by atoms with Crippen LogP contribution in [0.2, 0.25) is 0 Å². The van der Waals surface area contributed by atoms with E-state index in [0.717, 1.165) is 5.56 Å². The number of hydrogen-bond acceptors (Lipinski definition) is 4. The van der Waals surface area contributed by atoms with Crippen LogP contribution in [0.15, 0.2) is 18.5 Å². The third kappa shape index (κ3) is 3.85. The molecule has 1 aromatic heterocycles. The summed E-state index contributed by atoms with van der Waals surface area (Å²) in [5.74, 6) is 0.665. The van der Waals surface area contributed by atoms with Crippen molar-refractivity contribution in [2.45, 2.75) is 25.9 Å². The molecule has 0 fully saturated rings. The summed E-state index contributed by atoms with van der Waals surface area (Å²) < 4.78 is 5.28. The van der Waals surface area contributed by atoms with Crippen LogP contribution in [-0.2, 0) is 0 Å². The molecule has 4 nitrogen and oxygen atoms in total. The molecule has 1 atom stereocenters. The van der Waals surface area contributed by atoms with E-state index in [1.165, 1.54) is 0 Å². The highest BCUT2D eigenvalue weighted by atomic mass is 16.5. The van der Waals surface area contributed by atoms with Crippen LogP contribution in [0.3, 0.4) is 0 Å². The Labute approximate surface area is 89.5 Å². The van der Waals surface area contributed by atoms with Gasteiger partial charge in [-0.2, -0.15) is 0 Å². The molecule has 1 aromatic rings. The van der Waals surface area contributed by atoms with E-state index in [1.807, 2.05) is 6.92 Å². The smallest absolute Gasteiger partial charge is 0.137 e. The Balaban J connectivity index is 2.62. The number of ether oxygens (including phenoxy) is 1. The van der Waals surface area contributed by atoms with Gasteiger partial charge in [-0.3, -0.25) is 4.98 Å². The van der Waals surface area contributed by atoms with Crippen molar-refractivity contribution >= 4 is 0 Å². The molecule has 0 aliphatic rings. The third-order valence-electron chi connectivity index (χ3n) is 2.07. The van der Waals surface area contributed by atoms with E-state index in [-0.39, 0.29) is 6.61 Å². The van der Waals surface area contributed by atoms with Crippen LogP contribution in [0.1, 0.15) is 31.4 Å². The highest BCUT2D eigenvalue weighted by Crippen LogP contribution is 2.21. The molecule has 84 valence electrons. The van der Waals surface area contributed by atoms with Crippen LogP contribution >= 0.6 is 0 Å². The first-order chi connectivity index (χ1) is 7.27. The van der Waals surface area contributed by atoms with Crippen molar-refractivity contribution in [3.8, 4) is 5.75 Å². The predicted octanol–water partition coefficient (Wildman–Crippen LogP) is 1.29. The van der Waals surface area contributed by atoms with E-state index in [4.69, 9.17) is 9.84 Å². The lowest BCUT2D eigenvalue weighted by Gasteiger charge is -2.11. The summed E-state index contributed by atoms with van der Waals surface area (Å²) in [6, 6.07) is 1.78. The second-order valence-corrected chi connectivity index (χ2v) is 3.27. The lowest BCUT2D eigenvalue weighted by Crippen LogP contribution is -2.01. The third-order valence-corrected chi connectivity index (χ3v) is 2.07. The fraction of sp³-hybridized carbons (Fsp3) is 0.545. The maximum absolute atomic E-state index is 9.74. The summed E-state index contributed by atoms with van der Waals surface area (Å²) in [4.78, 5) is 3.98. The molecule has 0 aromatic carbocycles. The van der Waals surface area contributed by atoms with Gasteiger partial charge >= 0.3 is 0 Å². The molecule has 0 radical (unpaired) electrons. The molecule has 1 heterocycles. The fourth-order valence-corrected chi connectivity index (χ4v) is 1.31. The van der Waals surface area contributed by atoms with Gasteiger partial charge in [0.1, 0.15) is 5.75 Å². The zero-order valence-electron chi connectivity index (χ0n) is 8.89. The number of nitrogens with zero attached hydrogens (tertiary/aromatic N) is 1. The molecule has 0 aliphatic heterocycles. The number of pyridine rings is 1. The minimum Gasteiger partial charge on any atom is -0.492 e. The van der Waals surface area contributed by atoms with Crippen LogP contribution in [0.4, 0.5) is 0 Å². The number of aromatic nitrogens is 1. The normalized spacial score (nSPS) is 12.5. The van der Waals surface area contributed by atoms with Crippen LogP contribution in [-0.4, -0.2) is 28.4 Å². The topological polar surface area (TPSA) is 62.6 Å². The summed E-state index contributed by atoms with van der Waals surface area (Å²) >= 11 is 0. The Morgan fingerprint density at radius 2 is 2.27 bits per heavy atom. The van der Waals surface area contributed by atoms with Gasteiger partial charge in [0, 0.05) is 18.4 Å². The van der Waals surface area contributed by atoms with Gasteiger partial charge in [-0.15, -0.1) is 0 Å². The quantitative estimate of drug-likeness (QED) is 0.744. The molecule has 0 saturated heterocycles. The average molecular weight is 211 g/mol. The highest BCUT2D eigenvalue weighted by molar-refractivity contribution is 5.25. The fourth-order valence-electron chi connectivity index (χ4n) is 1.31. The lowest BCUT2D eigenvalue weighted by molar-refractivity contribution is 0.151. The largest absolute Gasteiger partial charge is 0.492 e. The standard InChI is InChI=1S/C11H17NO3/c1-2-15-10-6-9(7-12-8-10)11(14)4-3-5-13/h6-8,11,13-14H,2-5H2,1H3. The molecular weight excluding hydrogens is 194 g/mol. The van der Waals surface area contributed by atoms with Crippen molar-refractivity contribution in [3.05, 3.63) is 24.0 Å². The summed E-state index contributed by atoms with van der Waals surface area (Å²) in [5.41, 5.74) is 0.731. The molecule has 1 unspecified atom stereocenters. The molecule has 1 rings (SSSR count). The van der Waals surface area contributed by atoms with E-state index < -0.39 is 6.10 Å². The number of aliphatic hydroxyl groups excluding tert-OH is 2. The van der Waals surface area contributed by atoms with E-state index in [1.54, 1.807) is 18.5 Å². The Hall–Kier alpha value is -1.13. The van der Waals surface area contributed by atoms with E-state index >= 15 is 0 Å². The molecular formula is C11H17NO3. The zero-order chi connectivity index (χ0) is 11.1. The molecule has 0 bridgehead atoms. The maximum Gasteiger partial charge on any atom is 0.137 e. The van der Waals surface area contributed by atoms with Crippen molar-refractivity contribution in [3.63, 3.8) is 0 Å². The van der Waals surface area contributed by atoms with Crippen LogP contribution < -0.4 is 4.74 Å². The highest BCUT2D eigenvalue weighted by Gasteiger charge is 2.08. The molecule has 0 saturated carbocycles. The second kappa shape index (κ2) is 6.37. The molecule has 0 aliphatic carbocycles. The maximum atomic E-state index is 9.74. The predicted molar refractivity (Wildman–Crippen MR) is 56.7 cm³/mol. The van der Waals surface area contributed by atoms with Crippen molar-refractivity contribution in [1.82, 2.24) is 4.98 Å². The molecule has 15 heavy (non-hydrogen) atoms. The Morgan fingerprint density at radius 1 is 1.47 bits per heavy atom.